The zero-order chi connectivity index (χ0) is 15.1. The third-order valence-corrected chi connectivity index (χ3v) is 5.34. The summed E-state index contributed by atoms with van der Waals surface area (Å²) in [6.07, 6.45) is 0. The summed E-state index contributed by atoms with van der Waals surface area (Å²) in [7, 11) is -4.32. The van der Waals surface area contributed by atoms with E-state index in [1.54, 1.807) is 6.92 Å². The van der Waals surface area contributed by atoms with Crippen molar-refractivity contribution in [2.24, 2.45) is 17.6 Å². The third kappa shape index (κ3) is 2.40. The lowest BCUT2D eigenvalue weighted by Crippen LogP contribution is -2.32. The average molecular weight is 304 g/mol. The molecule has 1 aromatic rings. The minimum absolute atomic E-state index is 0.00368. The first kappa shape index (κ1) is 14.9. The third-order valence-electron chi connectivity index (χ3n) is 3.46. The smallest absolute Gasteiger partial charge is 0.248 e. The molecule has 2 atom stereocenters. The molecule has 1 aliphatic heterocycles. The SMILES string of the molecule is C[C@@H]1CN(S(=O)(=O)c2c(F)cccc2F)C[C@H]1C(N)=O. The van der Waals surface area contributed by atoms with Gasteiger partial charge in [0.15, 0.2) is 4.90 Å². The standard InChI is InChI=1S/C12H14F2N2O3S/c1-7-5-16(6-8(7)12(15)17)20(18,19)11-9(13)3-2-4-10(11)14/h2-4,7-8H,5-6H2,1H3,(H2,15,17)/t7-,8-/m1/s1. The molecule has 1 aromatic carbocycles. The maximum atomic E-state index is 13.6. The van der Waals surface area contributed by atoms with Crippen LogP contribution >= 0.6 is 0 Å². The topological polar surface area (TPSA) is 80.5 Å². The molecule has 0 aliphatic carbocycles. The van der Waals surface area contributed by atoms with E-state index in [9.17, 15) is 22.0 Å². The number of hydrogen-bond acceptors (Lipinski definition) is 3. The number of benzene rings is 1. The number of rotatable bonds is 3. The Kier molecular flexibility index (Phi) is 3.79. The van der Waals surface area contributed by atoms with E-state index in [2.05, 4.69) is 0 Å². The van der Waals surface area contributed by atoms with Crippen LogP contribution in [0, 0.1) is 23.5 Å². The Bertz CT molecular complexity index is 628. The first-order chi connectivity index (χ1) is 9.25. The van der Waals surface area contributed by atoms with Gasteiger partial charge in [-0.1, -0.05) is 13.0 Å². The summed E-state index contributed by atoms with van der Waals surface area (Å²) >= 11 is 0. The van der Waals surface area contributed by atoms with E-state index in [1.165, 1.54) is 0 Å². The number of carbonyl (C=O) groups excluding carboxylic acids is 1. The number of nitrogens with zero attached hydrogens (tertiary/aromatic N) is 1. The molecule has 5 nitrogen and oxygen atoms in total. The van der Waals surface area contributed by atoms with E-state index < -0.39 is 38.4 Å². The maximum Gasteiger partial charge on any atom is 0.248 e. The van der Waals surface area contributed by atoms with Gasteiger partial charge in [0.25, 0.3) is 0 Å². The van der Waals surface area contributed by atoms with Gasteiger partial charge in [-0.3, -0.25) is 4.79 Å². The summed E-state index contributed by atoms with van der Waals surface area (Å²) < 4.78 is 52.7. The summed E-state index contributed by atoms with van der Waals surface area (Å²) in [4.78, 5) is 10.2. The number of hydrogen-bond donors (Lipinski definition) is 1. The molecule has 20 heavy (non-hydrogen) atoms. The molecule has 0 bridgehead atoms. The largest absolute Gasteiger partial charge is 0.369 e. The lowest BCUT2D eigenvalue weighted by Gasteiger charge is -2.17. The van der Waals surface area contributed by atoms with Crippen LogP contribution in [0.4, 0.5) is 8.78 Å². The van der Waals surface area contributed by atoms with Crippen LogP contribution in [0.25, 0.3) is 0 Å². The fourth-order valence-electron chi connectivity index (χ4n) is 2.35. The molecule has 0 aromatic heterocycles. The molecule has 110 valence electrons. The molecule has 0 spiro atoms. The van der Waals surface area contributed by atoms with Crippen molar-refractivity contribution >= 4 is 15.9 Å². The van der Waals surface area contributed by atoms with Crippen LogP contribution in [0.2, 0.25) is 0 Å². The van der Waals surface area contributed by atoms with Crippen molar-refractivity contribution in [3.8, 4) is 0 Å². The Labute approximate surface area is 115 Å². The van der Waals surface area contributed by atoms with Crippen molar-refractivity contribution in [2.75, 3.05) is 13.1 Å². The molecule has 1 saturated heterocycles. The minimum atomic E-state index is -4.32. The molecule has 1 amide bonds. The van der Waals surface area contributed by atoms with Gasteiger partial charge in [-0.25, -0.2) is 17.2 Å². The van der Waals surface area contributed by atoms with E-state index in [4.69, 9.17) is 5.73 Å². The summed E-state index contributed by atoms with van der Waals surface area (Å²) in [5.41, 5.74) is 5.18. The van der Waals surface area contributed by atoms with E-state index in [1.807, 2.05) is 0 Å². The Morgan fingerprint density at radius 1 is 1.30 bits per heavy atom. The Morgan fingerprint density at radius 2 is 1.85 bits per heavy atom. The van der Waals surface area contributed by atoms with Crippen molar-refractivity contribution in [3.05, 3.63) is 29.8 Å². The van der Waals surface area contributed by atoms with Crippen molar-refractivity contribution < 1.29 is 22.0 Å². The van der Waals surface area contributed by atoms with Gasteiger partial charge in [-0.2, -0.15) is 4.31 Å². The number of nitrogens with two attached hydrogens (primary N) is 1. The second kappa shape index (κ2) is 5.10. The lowest BCUT2D eigenvalue weighted by atomic mass is 9.98. The van der Waals surface area contributed by atoms with Crippen LogP contribution in [0.3, 0.4) is 0 Å². The van der Waals surface area contributed by atoms with Gasteiger partial charge in [-0.15, -0.1) is 0 Å². The molecule has 1 aliphatic rings. The second-order valence-electron chi connectivity index (χ2n) is 4.86. The summed E-state index contributed by atoms with van der Waals surface area (Å²) in [5.74, 6) is -3.87. The van der Waals surface area contributed by atoms with Crippen LogP contribution in [0.1, 0.15) is 6.92 Å². The van der Waals surface area contributed by atoms with Crippen molar-refractivity contribution in [3.63, 3.8) is 0 Å². The Morgan fingerprint density at radius 3 is 2.30 bits per heavy atom. The first-order valence-electron chi connectivity index (χ1n) is 5.98. The van der Waals surface area contributed by atoms with Crippen LogP contribution in [-0.2, 0) is 14.8 Å². The Hall–Kier alpha value is -1.54. The molecule has 2 N–H and O–H groups in total. The van der Waals surface area contributed by atoms with E-state index in [0.29, 0.717) is 0 Å². The molecule has 1 fully saturated rings. The molecule has 1 heterocycles. The number of amides is 1. The van der Waals surface area contributed by atoms with Crippen LogP contribution in [0.15, 0.2) is 23.1 Å². The first-order valence-corrected chi connectivity index (χ1v) is 7.42. The quantitative estimate of drug-likeness (QED) is 0.893. The van der Waals surface area contributed by atoms with Gasteiger partial charge in [-0.05, 0) is 18.1 Å². The van der Waals surface area contributed by atoms with Crippen molar-refractivity contribution in [1.29, 1.82) is 0 Å². The highest BCUT2D eigenvalue weighted by Crippen LogP contribution is 2.30. The minimum Gasteiger partial charge on any atom is -0.369 e. The van der Waals surface area contributed by atoms with Crippen LogP contribution in [-0.4, -0.2) is 31.7 Å². The van der Waals surface area contributed by atoms with Gasteiger partial charge < -0.3 is 5.73 Å². The Balaban J connectivity index is 2.40. The number of sulfonamides is 1. The van der Waals surface area contributed by atoms with E-state index in [0.717, 1.165) is 22.5 Å². The molecule has 0 saturated carbocycles. The van der Waals surface area contributed by atoms with Gasteiger partial charge in [0.05, 0.1) is 5.92 Å². The van der Waals surface area contributed by atoms with E-state index >= 15 is 0 Å². The molecule has 0 unspecified atom stereocenters. The zero-order valence-electron chi connectivity index (χ0n) is 10.7. The summed E-state index contributed by atoms with van der Waals surface area (Å²) in [6.45, 7) is 1.51. The molecule has 8 heteroatoms. The highest BCUT2D eigenvalue weighted by atomic mass is 32.2. The van der Waals surface area contributed by atoms with Crippen LogP contribution < -0.4 is 5.73 Å². The van der Waals surface area contributed by atoms with Crippen LogP contribution in [0.5, 0.6) is 0 Å². The molecule has 0 radical (unpaired) electrons. The van der Waals surface area contributed by atoms with Gasteiger partial charge in [0, 0.05) is 13.1 Å². The predicted molar refractivity (Wildman–Crippen MR) is 67.0 cm³/mol. The highest BCUT2D eigenvalue weighted by molar-refractivity contribution is 7.89. The molecular formula is C12H14F2N2O3S. The monoisotopic (exact) mass is 304 g/mol. The highest BCUT2D eigenvalue weighted by Gasteiger charge is 2.41. The normalized spacial score (nSPS) is 23.9. The predicted octanol–water partition coefficient (Wildman–Crippen LogP) is 0.707. The fourth-order valence-corrected chi connectivity index (χ4v) is 4.02. The van der Waals surface area contributed by atoms with Crippen molar-refractivity contribution in [2.45, 2.75) is 11.8 Å². The zero-order valence-corrected chi connectivity index (χ0v) is 11.5. The fraction of sp³-hybridized carbons (Fsp3) is 0.417. The van der Waals surface area contributed by atoms with Crippen molar-refractivity contribution in [1.82, 2.24) is 4.31 Å². The van der Waals surface area contributed by atoms with E-state index in [-0.39, 0.29) is 19.0 Å². The summed E-state index contributed by atoms with van der Waals surface area (Å²) in [5, 5.41) is 0. The molecular weight excluding hydrogens is 290 g/mol. The number of halogens is 2. The number of carbonyl (C=O) groups is 1. The second-order valence-corrected chi connectivity index (χ2v) is 6.73. The number of primary amides is 1. The van der Waals surface area contributed by atoms with Gasteiger partial charge in [0.2, 0.25) is 15.9 Å². The summed E-state index contributed by atoms with van der Waals surface area (Å²) in [6, 6.07) is 2.84. The van der Waals surface area contributed by atoms with Gasteiger partial charge in [0.1, 0.15) is 11.6 Å². The average Bonchev–Trinajstić information content (AvgIpc) is 2.71. The lowest BCUT2D eigenvalue weighted by molar-refractivity contribution is -0.122. The molecule has 2 rings (SSSR count). The maximum absolute atomic E-state index is 13.6. The van der Waals surface area contributed by atoms with Gasteiger partial charge >= 0.3 is 0 Å².